The first-order valence-corrected chi connectivity index (χ1v) is 10.0. The topological polar surface area (TPSA) is 71.4 Å². The number of rotatable bonds is 2. The van der Waals surface area contributed by atoms with Gasteiger partial charge in [-0.15, -0.1) is 15.7 Å². The molecule has 0 aliphatic carbocycles. The van der Waals surface area contributed by atoms with Gasteiger partial charge in [0.15, 0.2) is 11.0 Å². The molecule has 0 spiro atoms. The fourth-order valence-electron chi connectivity index (χ4n) is 2.62. The summed E-state index contributed by atoms with van der Waals surface area (Å²) in [5, 5.41) is 4.30. The molecule has 0 unspecified atom stereocenters. The number of hydrogen-bond acceptors (Lipinski definition) is 5. The number of aromatic nitrogens is 1. The maximum Gasteiger partial charge on any atom is 0.285 e. The molecular weight excluding hydrogens is 378 g/mol. The number of hydrogen-bond donors (Lipinski definition) is 1. The van der Waals surface area contributed by atoms with Gasteiger partial charge in [0.05, 0.1) is 5.69 Å². The maximum atomic E-state index is 12.1. The summed E-state index contributed by atoms with van der Waals surface area (Å²) in [4.78, 5) is 5.81. The van der Waals surface area contributed by atoms with Crippen LogP contribution in [0.1, 0.15) is 10.4 Å². The molecule has 0 amide bonds. The highest BCUT2D eigenvalue weighted by molar-refractivity contribution is 7.90. The zero-order valence-electron chi connectivity index (χ0n) is 13.0. The summed E-state index contributed by atoms with van der Waals surface area (Å²) in [6.45, 7) is 1.97. The number of fused-ring (bicyclic) bond motifs is 1. The zero-order chi connectivity index (χ0) is 17.6. The summed E-state index contributed by atoms with van der Waals surface area (Å²) in [5.41, 5.74) is 2.34. The van der Waals surface area contributed by atoms with Gasteiger partial charge in [-0.1, -0.05) is 35.9 Å². The molecule has 0 radical (unpaired) electrons. The van der Waals surface area contributed by atoms with Gasteiger partial charge in [0.1, 0.15) is 4.90 Å². The van der Waals surface area contributed by atoms with E-state index in [1.807, 2.05) is 31.2 Å². The Kier molecular flexibility index (Phi) is 3.87. The average molecular weight is 390 g/mol. The van der Waals surface area contributed by atoms with Crippen LogP contribution in [-0.2, 0) is 10.0 Å². The van der Waals surface area contributed by atoms with Crippen LogP contribution in [0, 0.1) is 6.92 Å². The average Bonchev–Trinajstić information content (AvgIpc) is 3.06. The number of nitrogens with one attached hydrogen (secondary N) is 1. The summed E-state index contributed by atoms with van der Waals surface area (Å²) in [7, 11) is -3.65. The number of thiazole rings is 1. The van der Waals surface area contributed by atoms with Gasteiger partial charge in [-0.2, -0.15) is 8.42 Å². The van der Waals surface area contributed by atoms with Crippen molar-refractivity contribution in [2.24, 2.45) is 4.40 Å². The number of sulfonamides is 1. The first-order chi connectivity index (χ1) is 11.9. The van der Waals surface area contributed by atoms with Crippen molar-refractivity contribution >= 4 is 43.9 Å². The van der Waals surface area contributed by atoms with Crippen LogP contribution in [0.5, 0.6) is 0 Å². The number of amidine groups is 1. The Hall–Kier alpha value is -2.22. The van der Waals surface area contributed by atoms with Crippen LogP contribution in [0.2, 0.25) is 5.02 Å². The second-order valence-corrected chi connectivity index (χ2v) is 8.68. The number of benzene rings is 2. The summed E-state index contributed by atoms with van der Waals surface area (Å²) in [6.07, 6.45) is 0. The smallest absolute Gasteiger partial charge is 0.285 e. The monoisotopic (exact) mass is 389 g/mol. The van der Waals surface area contributed by atoms with Gasteiger partial charge < -0.3 is 5.32 Å². The molecule has 1 N–H and O–H groups in total. The van der Waals surface area contributed by atoms with E-state index < -0.39 is 10.0 Å². The fourth-order valence-corrected chi connectivity index (χ4v) is 4.76. The first-order valence-electron chi connectivity index (χ1n) is 7.39. The Morgan fingerprint density at radius 3 is 2.56 bits per heavy atom. The van der Waals surface area contributed by atoms with Gasteiger partial charge in [-0.05, 0) is 31.2 Å². The van der Waals surface area contributed by atoms with E-state index in [0.717, 1.165) is 16.1 Å². The lowest BCUT2D eigenvalue weighted by Gasteiger charge is -2.02. The molecule has 0 fully saturated rings. The van der Waals surface area contributed by atoms with Crippen molar-refractivity contribution in [3.63, 3.8) is 0 Å². The molecule has 126 valence electrons. The zero-order valence-corrected chi connectivity index (χ0v) is 15.4. The number of anilines is 1. The molecule has 0 atom stereocenters. The van der Waals surface area contributed by atoms with Crippen LogP contribution < -0.4 is 5.32 Å². The molecule has 3 aromatic rings. The molecule has 0 saturated carbocycles. The predicted molar refractivity (Wildman–Crippen MR) is 101 cm³/mol. The Labute approximate surface area is 154 Å². The van der Waals surface area contributed by atoms with Crippen LogP contribution >= 0.6 is 22.9 Å². The number of aryl methyl sites for hydroxylation is 1. The van der Waals surface area contributed by atoms with Crippen molar-refractivity contribution in [1.29, 1.82) is 0 Å². The van der Waals surface area contributed by atoms with Crippen molar-refractivity contribution < 1.29 is 8.42 Å². The van der Waals surface area contributed by atoms with Crippen LogP contribution in [0.25, 0.3) is 11.3 Å². The lowest BCUT2D eigenvalue weighted by Crippen LogP contribution is -2.10. The van der Waals surface area contributed by atoms with E-state index >= 15 is 0 Å². The predicted octanol–water partition coefficient (Wildman–Crippen LogP) is 4.33. The molecule has 0 saturated heterocycles. The molecule has 2 aromatic carbocycles. The molecule has 0 bridgehead atoms. The third-order valence-corrected chi connectivity index (χ3v) is 6.24. The van der Waals surface area contributed by atoms with E-state index in [1.165, 1.54) is 11.3 Å². The molecule has 8 heteroatoms. The minimum atomic E-state index is -3.65. The fraction of sp³-hybridized carbons (Fsp3) is 0.0588. The van der Waals surface area contributed by atoms with E-state index in [0.29, 0.717) is 21.6 Å². The highest BCUT2D eigenvalue weighted by Crippen LogP contribution is 2.33. The van der Waals surface area contributed by atoms with Gasteiger partial charge in [-0.25, -0.2) is 4.98 Å². The largest absolute Gasteiger partial charge is 0.315 e. The van der Waals surface area contributed by atoms with E-state index in [2.05, 4.69) is 14.7 Å². The standard InChI is InChI=1S/C17H12ClN3O2S2/c1-10-15(11-6-8-12(18)9-7-11)19-17(24-10)20-16-13-4-2-3-5-14(13)25(22,23)21-16/h2-9H,1H3,(H,19,20,21). The molecule has 4 rings (SSSR count). The molecular formula is C17H12ClN3O2S2. The van der Waals surface area contributed by atoms with Crippen LogP contribution in [-0.4, -0.2) is 19.2 Å². The van der Waals surface area contributed by atoms with Gasteiger partial charge in [0.2, 0.25) is 0 Å². The van der Waals surface area contributed by atoms with E-state index in [1.54, 1.807) is 24.3 Å². The Morgan fingerprint density at radius 2 is 1.80 bits per heavy atom. The van der Waals surface area contributed by atoms with Gasteiger partial charge in [0, 0.05) is 21.0 Å². The van der Waals surface area contributed by atoms with E-state index in [9.17, 15) is 8.42 Å². The molecule has 1 aromatic heterocycles. The summed E-state index contributed by atoms with van der Waals surface area (Å²) < 4.78 is 28.1. The van der Waals surface area contributed by atoms with Crippen molar-refractivity contribution in [3.05, 3.63) is 64.0 Å². The maximum absolute atomic E-state index is 12.1. The van der Waals surface area contributed by atoms with Crippen LogP contribution in [0.4, 0.5) is 5.13 Å². The highest BCUT2D eigenvalue weighted by atomic mass is 35.5. The third kappa shape index (κ3) is 2.95. The Balaban J connectivity index is 1.69. The normalized spacial score (nSPS) is 14.9. The van der Waals surface area contributed by atoms with Crippen LogP contribution in [0.3, 0.4) is 0 Å². The summed E-state index contributed by atoms with van der Waals surface area (Å²) in [6, 6.07) is 14.2. The minimum Gasteiger partial charge on any atom is -0.315 e. The van der Waals surface area contributed by atoms with Crippen molar-refractivity contribution in [2.45, 2.75) is 11.8 Å². The Bertz CT molecular complexity index is 1100. The number of halogens is 1. The SMILES string of the molecule is Cc1sc(NC2=NS(=O)(=O)c3ccccc32)nc1-c1ccc(Cl)cc1. The lowest BCUT2D eigenvalue weighted by atomic mass is 10.1. The quantitative estimate of drug-likeness (QED) is 0.707. The molecule has 2 heterocycles. The molecule has 1 aliphatic heterocycles. The van der Waals surface area contributed by atoms with E-state index in [-0.39, 0.29) is 4.90 Å². The molecule has 1 aliphatic rings. The van der Waals surface area contributed by atoms with Crippen molar-refractivity contribution in [3.8, 4) is 11.3 Å². The van der Waals surface area contributed by atoms with Gasteiger partial charge >= 0.3 is 0 Å². The lowest BCUT2D eigenvalue weighted by molar-refractivity contribution is 0.599. The first kappa shape index (κ1) is 16.3. The summed E-state index contributed by atoms with van der Waals surface area (Å²) >= 11 is 7.37. The number of nitrogens with zero attached hydrogens (tertiary/aromatic N) is 2. The highest BCUT2D eigenvalue weighted by Gasteiger charge is 2.29. The van der Waals surface area contributed by atoms with Crippen LogP contribution in [0.15, 0.2) is 57.8 Å². The van der Waals surface area contributed by atoms with Gasteiger partial charge in [-0.3, -0.25) is 0 Å². The van der Waals surface area contributed by atoms with Gasteiger partial charge in [0.25, 0.3) is 10.0 Å². The van der Waals surface area contributed by atoms with E-state index in [4.69, 9.17) is 11.6 Å². The molecule has 5 nitrogen and oxygen atoms in total. The third-order valence-electron chi connectivity index (χ3n) is 3.77. The van der Waals surface area contributed by atoms with Crippen molar-refractivity contribution in [1.82, 2.24) is 4.98 Å². The second-order valence-electron chi connectivity index (χ2n) is 5.47. The molecule has 25 heavy (non-hydrogen) atoms. The second kappa shape index (κ2) is 5.94. The minimum absolute atomic E-state index is 0.212. The van der Waals surface area contributed by atoms with Crippen molar-refractivity contribution in [2.75, 3.05) is 5.32 Å². The Morgan fingerprint density at radius 1 is 1.08 bits per heavy atom. The summed E-state index contributed by atoms with van der Waals surface area (Å²) in [5.74, 6) is 0.298.